The summed E-state index contributed by atoms with van der Waals surface area (Å²) in [5, 5.41) is 0. The molecule has 5 heteroatoms. The van der Waals surface area contributed by atoms with Gasteiger partial charge in [0, 0.05) is 23.7 Å². The lowest BCUT2D eigenvalue weighted by Crippen LogP contribution is -2.25. The Balaban J connectivity index is 2.03. The Morgan fingerprint density at radius 1 is 1.09 bits per heavy atom. The van der Waals surface area contributed by atoms with Gasteiger partial charge in [-0.25, -0.2) is 4.39 Å². The van der Waals surface area contributed by atoms with Gasteiger partial charge in [0.25, 0.3) is 0 Å². The molecule has 0 spiro atoms. The van der Waals surface area contributed by atoms with E-state index in [0.717, 1.165) is 11.3 Å². The summed E-state index contributed by atoms with van der Waals surface area (Å²) in [7, 11) is 5.05. The molecule has 0 amide bonds. The van der Waals surface area contributed by atoms with Crippen molar-refractivity contribution in [2.24, 2.45) is 0 Å². The highest BCUT2D eigenvalue weighted by atomic mass is 19.1. The smallest absolute Gasteiger partial charge is 0.176 e. The minimum Gasteiger partial charge on any atom is -0.497 e. The van der Waals surface area contributed by atoms with Crippen LogP contribution in [0.2, 0.25) is 0 Å². The summed E-state index contributed by atoms with van der Waals surface area (Å²) in [5.74, 6) is 1.03. The monoisotopic (exact) mass is 317 g/mol. The molecule has 2 aromatic carbocycles. The van der Waals surface area contributed by atoms with Crippen molar-refractivity contribution >= 4 is 5.78 Å². The number of likely N-dealkylation sites (N-methyl/N-ethyl adjacent to an activating group) is 1. The van der Waals surface area contributed by atoms with Crippen LogP contribution in [0.25, 0.3) is 0 Å². The normalized spacial score (nSPS) is 10.7. The van der Waals surface area contributed by atoms with Gasteiger partial charge < -0.3 is 9.47 Å². The molecule has 0 aliphatic rings. The van der Waals surface area contributed by atoms with E-state index in [0.29, 0.717) is 17.9 Å². The zero-order valence-electron chi connectivity index (χ0n) is 13.5. The van der Waals surface area contributed by atoms with E-state index < -0.39 is 0 Å². The topological polar surface area (TPSA) is 38.8 Å². The number of ether oxygens (including phenoxy) is 2. The number of methoxy groups -OCH3 is 2. The third-order valence-electron chi connectivity index (χ3n) is 3.51. The van der Waals surface area contributed by atoms with Gasteiger partial charge in [-0.1, -0.05) is 6.07 Å². The van der Waals surface area contributed by atoms with Crippen molar-refractivity contribution in [1.82, 2.24) is 4.90 Å². The number of nitrogens with zero attached hydrogens (tertiary/aromatic N) is 1. The Morgan fingerprint density at radius 3 is 2.39 bits per heavy atom. The lowest BCUT2D eigenvalue weighted by atomic mass is 10.1. The second-order valence-electron chi connectivity index (χ2n) is 5.28. The number of halogens is 1. The van der Waals surface area contributed by atoms with Gasteiger partial charge >= 0.3 is 0 Å². The van der Waals surface area contributed by atoms with Crippen molar-refractivity contribution in [3.8, 4) is 11.5 Å². The quantitative estimate of drug-likeness (QED) is 0.735. The van der Waals surface area contributed by atoms with E-state index in [9.17, 15) is 9.18 Å². The van der Waals surface area contributed by atoms with Gasteiger partial charge in [0.1, 0.15) is 17.3 Å². The highest BCUT2D eigenvalue weighted by Gasteiger charge is 2.12. The average Bonchev–Trinajstić information content (AvgIpc) is 2.55. The summed E-state index contributed by atoms with van der Waals surface area (Å²) in [6.45, 7) is 0.793. The Labute approximate surface area is 135 Å². The third-order valence-corrected chi connectivity index (χ3v) is 3.51. The Kier molecular flexibility index (Phi) is 5.71. The molecule has 0 atom stereocenters. The number of Topliss-reactive ketones (excluding diaryl/α,β-unsaturated/α-hetero) is 1. The van der Waals surface area contributed by atoms with Crippen molar-refractivity contribution in [2.75, 3.05) is 27.8 Å². The van der Waals surface area contributed by atoms with E-state index in [1.807, 2.05) is 30.1 Å². The highest BCUT2D eigenvalue weighted by molar-refractivity contribution is 5.97. The van der Waals surface area contributed by atoms with Crippen LogP contribution < -0.4 is 9.47 Å². The fraction of sp³-hybridized carbons (Fsp3) is 0.278. The summed E-state index contributed by atoms with van der Waals surface area (Å²) < 4.78 is 23.4. The maximum absolute atomic E-state index is 12.9. The molecule has 0 heterocycles. The molecular weight excluding hydrogens is 297 g/mol. The Bertz CT molecular complexity index is 670. The first-order valence-corrected chi connectivity index (χ1v) is 7.21. The molecule has 2 rings (SSSR count). The van der Waals surface area contributed by atoms with Crippen LogP contribution in [0.15, 0.2) is 42.5 Å². The molecule has 2 aromatic rings. The van der Waals surface area contributed by atoms with Crippen molar-refractivity contribution in [3.05, 3.63) is 59.4 Å². The van der Waals surface area contributed by atoms with E-state index in [4.69, 9.17) is 9.47 Å². The molecule has 0 bridgehead atoms. The van der Waals surface area contributed by atoms with Gasteiger partial charge in [0.05, 0.1) is 20.8 Å². The third kappa shape index (κ3) is 4.53. The van der Waals surface area contributed by atoms with Crippen LogP contribution >= 0.6 is 0 Å². The van der Waals surface area contributed by atoms with E-state index in [1.54, 1.807) is 14.2 Å². The zero-order chi connectivity index (χ0) is 16.8. The number of carbonyl (C=O) groups is 1. The standard InChI is InChI=1S/C18H20FNO3/c1-20(12-17(21)13-4-7-15(19)8-5-13)11-14-6-9-16(22-2)10-18(14)23-3/h4-10H,11-12H2,1-3H3. The average molecular weight is 317 g/mol. The van der Waals surface area contributed by atoms with Crippen LogP contribution in [0.3, 0.4) is 0 Å². The van der Waals surface area contributed by atoms with Crippen LogP contribution in [0.5, 0.6) is 11.5 Å². The van der Waals surface area contributed by atoms with E-state index in [-0.39, 0.29) is 18.1 Å². The Hall–Kier alpha value is -2.40. The number of rotatable bonds is 7. The molecule has 122 valence electrons. The number of ketones is 1. The molecule has 0 aliphatic carbocycles. The fourth-order valence-electron chi connectivity index (χ4n) is 2.30. The first kappa shape index (κ1) is 17.0. The summed E-state index contributed by atoms with van der Waals surface area (Å²) in [5.41, 5.74) is 1.46. The molecule has 4 nitrogen and oxygen atoms in total. The molecule has 0 saturated carbocycles. The second-order valence-corrected chi connectivity index (χ2v) is 5.28. The molecule has 0 unspecified atom stereocenters. The van der Waals surface area contributed by atoms with Gasteiger partial charge in [0.2, 0.25) is 0 Å². The lowest BCUT2D eigenvalue weighted by Gasteiger charge is -2.18. The van der Waals surface area contributed by atoms with Crippen molar-refractivity contribution in [1.29, 1.82) is 0 Å². The van der Waals surface area contributed by atoms with E-state index in [2.05, 4.69) is 0 Å². The number of benzene rings is 2. The van der Waals surface area contributed by atoms with Gasteiger partial charge in [-0.2, -0.15) is 0 Å². The summed E-state index contributed by atoms with van der Waals surface area (Å²) in [6, 6.07) is 11.2. The fourth-order valence-corrected chi connectivity index (χ4v) is 2.30. The number of hydrogen-bond donors (Lipinski definition) is 0. The number of hydrogen-bond acceptors (Lipinski definition) is 4. The SMILES string of the molecule is COc1ccc(CN(C)CC(=O)c2ccc(F)cc2)c(OC)c1. The zero-order valence-corrected chi connectivity index (χ0v) is 13.5. The number of carbonyl (C=O) groups excluding carboxylic acids is 1. The minimum absolute atomic E-state index is 0.0556. The maximum atomic E-state index is 12.9. The highest BCUT2D eigenvalue weighted by Crippen LogP contribution is 2.25. The molecule has 0 N–H and O–H groups in total. The minimum atomic E-state index is -0.349. The molecule has 0 saturated heterocycles. The molecule has 23 heavy (non-hydrogen) atoms. The van der Waals surface area contributed by atoms with E-state index in [1.165, 1.54) is 24.3 Å². The lowest BCUT2D eigenvalue weighted by molar-refractivity contribution is 0.0942. The second kappa shape index (κ2) is 7.74. The summed E-state index contributed by atoms with van der Waals surface area (Å²) in [6.07, 6.45) is 0. The van der Waals surface area contributed by atoms with Gasteiger partial charge in [-0.15, -0.1) is 0 Å². The maximum Gasteiger partial charge on any atom is 0.176 e. The van der Waals surface area contributed by atoms with Crippen LogP contribution in [0.4, 0.5) is 4.39 Å². The molecule has 0 radical (unpaired) electrons. The van der Waals surface area contributed by atoms with Crippen LogP contribution in [-0.2, 0) is 6.54 Å². The van der Waals surface area contributed by atoms with E-state index >= 15 is 0 Å². The van der Waals surface area contributed by atoms with Gasteiger partial charge in [0.15, 0.2) is 5.78 Å². The first-order valence-electron chi connectivity index (χ1n) is 7.21. The van der Waals surface area contributed by atoms with Crippen molar-refractivity contribution < 1.29 is 18.7 Å². The summed E-state index contributed by atoms with van der Waals surface area (Å²) >= 11 is 0. The largest absolute Gasteiger partial charge is 0.497 e. The van der Waals surface area contributed by atoms with Crippen molar-refractivity contribution in [2.45, 2.75) is 6.54 Å². The molecule has 0 aliphatic heterocycles. The first-order chi connectivity index (χ1) is 11.0. The van der Waals surface area contributed by atoms with Crippen LogP contribution in [-0.4, -0.2) is 38.5 Å². The predicted octanol–water partition coefficient (Wildman–Crippen LogP) is 3.16. The van der Waals surface area contributed by atoms with Gasteiger partial charge in [-0.05, 0) is 37.4 Å². The predicted molar refractivity (Wildman–Crippen MR) is 86.6 cm³/mol. The van der Waals surface area contributed by atoms with Gasteiger partial charge in [-0.3, -0.25) is 9.69 Å². The molecule has 0 aromatic heterocycles. The van der Waals surface area contributed by atoms with Crippen LogP contribution in [0, 0.1) is 5.82 Å². The molecular formula is C18H20FNO3. The van der Waals surface area contributed by atoms with Crippen molar-refractivity contribution in [3.63, 3.8) is 0 Å². The van der Waals surface area contributed by atoms with Crippen LogP contribution in [0.1, 0.15) is 15.9 Å². The Morgan fingerprint density at radius 2 is 1.78 bits per heavy atom. The molecule has 0 fully saturated rings. The summed E-state index contributed by atoms with van der Waals surface area (Å²) in [4.78, 5) is 14.1.